The Balaban J connectivity index is 1.93. The molecule has 0 aliphatic carbocycles. The van der Waals surface area contributed by atoms with Crippen LogP contribution in [-0.2, 0) is 28.0 Å². The van der Waals surface area contributed by atoms with Crippen LogP contribution in [0.5, 0.6) is 0 Å². The van der Waals surface area contributed by atoms with E-state index in [1.807, 2.05) is 6.92 Å². The van der Waals surface area contributed by atoms with Crippen molar-refractivity contribution in [2.45, 2.75) is 31.5 Å². The smallest absolute Gasteiger partial charge is 0.342 e. The highest BCUT2D eigenvalue weighted by Crippen LogP contribution is 2.37. The zero-order valence-electron chi connectivity index (χ0n) is 11.7. The Morgan fingerprint density at radius 1 is 1.32 bits per heavy atom. The van der Waals surface area contributed by atoms with Crippen molar-refractivity contribution in [3.05, 3.63) is 48.0 Å². The SMILES string of the molecule is C[C@@H]1CO[C@](Cn2cncn2)(c2ccc(C(F)(F)F)cc2)O1. The molecule has 8 heteroatoms. The van der Waals surface area contributed by atoms with Gasteiger partial charge < -0.3 is 9.47 Å². The van der Waals surface area contributed by atoms with E-state index in [0.29, 0.717) is 12.2 Å². The van der Waals surface area contributed by atoms with E-state index >= 15 is 0 Å². The van der Waals surface area contributed by atoms with Gasteiger partial charge >= 0.3 is 6.18 Å². The highest BCUT2D eigenvalue weighted by atomic mass is 19.4. The lowest BCUT2D eigenvalue weighted by molar-refractivity contribution is -0.187. The maximum Gasteiger partial charge on any atom is 0.416 e. The predicted octanol–water partition coefficient (Wildman–Crippen LogP) is 2.59. The van der Waals surface area contributed by atoms with E-state index in [1.54, 1.807) is 0 Å². The van der Waals surface area contributed by atoms with Gasteiger partial charge in [0.1, 0.15) is 19.2 Å². The van der Waals surface area contributed by atoms with Crippen molar-refractivity contribution in [2.75, 3.05) is 6.61 Å². The number of hydrogen-bond donors (Lipinski definition) is 0. The Hall–Kier alpha value is -1.93. The maximum absolute atomic E-state index is 12.7. The Labute approximate surface area is 124 Å². The van der Waals surface area contributed by atoms with Crippen molar-refractivity contribution in [3.63, 3.8) is 0 Å². The van der Waals surface area contributed by atoms with Gasteiger partial charge in [0.25, 0.3) is 0 Å². The molecular formula is C14H14F3N3O2. The summed E-state index contributed by atoms with van der Waals surface area (Å²) in [6.45, 7) is 2.41. The third-order valence-corrected chi connectivity index (χ3v) is 3.43. The fraction of sp³-hybridized carbons (Fsp3) is 0.429. The van der Waals surface area contributed by atoms with E-state index in [1.165, 1.54) is 29.5 Å². The average molecular weight is 313 g/mol. The topological polar surface area (TPSA) is 49.2 Å². The lowest BCUT2D eigenvalue weighted by atomic mass is 10.0. The molecule has 0 radical (unpaired) electrons. The molecule has 2 atom stereocenters. The first kappa shape index (κ1) is 15.0. The van der Waals surface area contributed by atoms with Gasteiger partial charge in [0.05, 0.1) is 18.3 Å². The van der Waals surface area contributed by atoms with Gasteiger partial charge in [0.2, 0.25) is 5.79 Å². The van der Waals surface area contributed by atoms with Crippen LogP contribution in [-0.4, -0.2) is 27.5 Å². The maximum atomic E-state index is 12.7. The normalized spacial score (nSPS) is 25.5. The van der Waals surface area contributed by atoms with Crippen LogP contribution in [0.15, 0.2) is 36.9 Å². The van der Waals surface area contributed by atoms with Gasteiger partial charge in [-0.05, 0) is 19.1 Å². The van der Waals surface area contributed by atoms with Crippen LogP contribution in [0.25, 0.3) is 0 Å². The molecule has 1 aliphatic heterocycles. The molecule has 2 aromatic rings. The van der Waals surface area contributed by atoms with Crippen molar-refractivity contribution in [1.82, 2.24) is 14.8 Å². The molecule has 0 bridgehead atoms. The van der Waals surface area contributed by atoms with Crippen LogP contribution in [0.2, 0.25) is 0 Å². The fourth-order valence-electron chi connectivity index (χ4n) is 2.41. The third-order valence-electron chi connectivity index (χ3n) is 3.43. The van der Waals surface area contributed by atoms with E-state index in [0.717, 1.165) is 12.1 Å². The van der Waals surface area contributed by atoms with E-state index in [-0.39, 0.29) is 12.6 Å². The van der Waals surface area contributed by atoms with Gasteiger partial charge in [-0.25, -0.2) is 9.67 Å². The molecule has 0 spiro atoms. The molecule has 2 heterocycles. The molecule has 1 saturated heterocycles. The van der Waals surface area contributed by atoms with Crippen molar-refractivity contribution < 1.29 is 22.6 Å². The van der Waals surface area contributed by atoms with Crippen LogP contribution in [0, 0.1) is 0 Å². The van der Waals surface area contributed by atoms with Crippen molar-refractivity contribution >= 4 is 0 Å². The molecule has 1 fully saturated rings. The molecule has 0 saturated carbocycles. The minimum absolute atomic E-state index is 0.161. The number of hydrogen-bond acceptors (Lipinski definition) is 4. The zero-order valence-corrected chi connectivity index (χ0v) is 11.7. The number of rotatable bonds is 3. The summed E-state index contributed by atoms with van der Waals surface area (Å²) in [5, 5.41) is 4.00. The second-order valence-corrected chi connectivity index (χ2v) is 5.16. The first-order valence-electron chi connectivity index (χ1n) is 6.71. The second kappa shape index (κ2) is 5.36. The summed E-state index contributed by atoms with van der Waals surface area (Å²) in [7, 11) is 0. The number of aromatic nitrogens is 3. The number of benzene rings is 1. The number of ether oxygens (including phenoxy) is 2. The van der Waals surface area contributed by atoms with Crippen LogP contribution >= 0.6 is 0 Å². The lowest BCUT2D eigenvalue weighted by Crippen LogP contribution is -2.33. The van der Waals surface area contributed by atoms with Crippen LogP contribution in [0.4, 0.5) is 13.2 Å². The molecule has 22 heavy (non-hydrogen) atoms. The fourth-order valence-corrected chi connectivity index (χ4v) is 2.41. The van der Waals surface area contributed by atoms with Crippen LogP contribution in [0.3, 0.4) is 0 Å². The number of alkyl halides is 3. The minimum Gasteiger partial charge on any atom is -0.342 e. The van der Waals surface area contributed by atoms with Gasteiger partial charge in [-0.3, -0.25) is 0 Å². The summed E-state index contributed by atoms with van der Waals surface area (Å²) in [6, 6.07) is 4.79. The van der Waals surface area contributed by atoms with Gasteiger partial charge in [-0.2, -0.15) is 18.3 Å². The number of nitrogens with zero attached hydrogens (tertiary/aromatic N) is 3. The van der Waals surface area contributed by atoms with E-state index < -0.39 is 17.5 Å². The molecule has 1 aromatic heterocycles. The third kappa shape index (κ3) is 2.84. The van der Waals surface area contributed by atoms with Crippen molar-refractivity contribution in [3.8, 4) is 0 Å². The average Bonchev–Trinajstić information content (AvgIpc) is 3.09. The predicted molar refractivity (Wildman–Crippen MR) is 69.6 cm³/mol. The number of halogens is 3. The Bertz CT molecular complexity index is 628. The summed E-state index contributed by atoms with van der Waals surface area (Å²) >= 11 is 0. The molecule has 5 nitrogen and oxygen atoms in total. The quantitative estimate of drug-likeness (QED) is 0.874. The van der Waals surface area contributed by atoms with E-state index in [4.69, 9.17) is 9.47 Å². The van der Waals surface area contributed by atoms with E-state index in [2.05, 4.69) is 10.1 Å². The monoisotopic (exact) mass is 313 g/mol. The Morgan fingerprint density at radius 2 is 2.05 bits per heavy atom. The molecule has 118 valence electrons. The van der Waals surface area contributed by atoms with Crippen molar-refractivity contribution in [1.29, 1.82) is 0 Å². The Kier molecular flexibility index (Phi) is 3.65. The van der Waals surface area contributed by atoms with Gasteiger partial charge in [0.15, 0.2) is 0 Å². The molecular weight excluding hydrogens is 299 g/mol. The van der Waals surface area contributed by atoms with E-state index in [9.17, 15) is 13.2 Å². The summed E-state index contributed by atoms with van der Waals surface area (Å²) in [6.07, 6.45) is -1.66. The summed E-state index contributed by atoms with van der Waals surface area (Å²) in [5.41, 5.74) is -0.196. The highest BCUT2D eigenvalue weighted by Gasteiger charge is 2.43. The van der Waals surface area contributed by atoms with Crippen molar-refractivity contribution in [2.24, 2.45) is 0 Å². The molecule has 1 aromatic carbocycles. The Morgan fingerprint density at radius 3 is 2.55 bits per heavy atom. The molecule has 0 amide bonds. The lowest BCUT2D eigenvalue weighted by Gasteiger charge is -2.28. The van der Waals surface area contributed by atoms with Gasteiger partial charge in [-0.15, -0.1) is 0 Å². The molecule has 0 N–H and O–H groups in total. The van der Waals surface area contributed by atoms with Crippen LogP contribution < -0.4 is 0 Å². The van der Waals surface area contributed by atoms with Crippen LogP contribution in [0.1, 0.15) is 18.1 Å². The highest BCUT2D eigenvalue weighted by molar-refractivity contribution is 5.28. The standard InChI is InChI=1S/C14H14F3N3O2/c1-10-6-21-13(22-10,7-20-9-18-8-19-20)11-2-4-12(5-3-11)14(15,16)17/h2-5,8-10H,6-7H2,1H3/t10-,13+/m1/s1. The molecule has 1 aliphatic rings. The molecule has 3 rings (SSSR count). The molecule has 0 unspecified atom stereocenters. The summed E-state index contributed by atoms with van der Waals surface area (Å²) in [5.74, 6) is -1.16. The largest absolute Gasteiger partial charge is 0.416 e. The first-order chi connectivity index (χ1) is 10.4. The van der Waals surface area contributed by atoms with Gasteiger partial charge in [0, 0.05) is 5.56 Å². The summed E-state index contributed by atoms with van der Waals surface area (Å²) in [4.78, 5) is 3.85. The minimum atomic E-state index is -4.37. The first-order valence-corrected chi connectivity index (χ1v) is 6.71. The summed E-state index contributed by atoms with van der Waals surface area (Å²) < 4.78 is 51.1. The second-order valence-electron chi connectivity index (χ2n) is 5.16. The van der Waals surface area contributed by atoms with Gasteiger partial charge in [-0.1, -0.05) is 12.1 Å². The zero-order chi connectivity index (χ0) is 15.8.